The molecule has 1 saturated heterocycles. The summed E-state index contributed by atoms with van der Waals surface area (Å²) in [5.74, 6) is 0.662. The van der Waals surface area contributed by atoms with Crippen LogP contribution < -0.4 is 5.32 Å². The van der Waals surface area contributed by atoms with Crippen molar-refractivity contribution in [2.24, 2.45) is 5.92 Å². The van der Waals surface area contributed by atoms with E-state index >= 15 is 0 Å². The van der Waals surface area contributed by atoms with Crippen LogP contribution in [0.15, 0.2) is 18.2 Å². The molecular formula is C14H19Cl2NO. The molecule has 1 aromatic rings. The zero-order chi connectivity index (χ0) is 13.0. The molecule has 1 aliphatic heterocycles. The molecule has 1 unspecified atom stereocenters. The van der Waals surface area contributed by atoms with Crippen LogP contribution in [0.5, 0.6) is 0 Å². The fraction of sp³-hybridized carbons (Fsp3) is 0.571. The average Bonchev–Trinajstić information content (AvgIpc) is 2.39. The smallest absolute Gasteiger partial charge is 0.0469 e. The maximum Gasteiger partial charge on any atom is 0.0469 e. The van der Waals surface area contributed by atoms with Crippen LogP contribution in [0.4, 0.5) is 0 Å². The zero-order valence-corrected chi connectivity index (χ0v) is 12.1. The van der Waals surface area contributed by atoms with Gasteiger partial charge in [0, 0.05) is 29.3 Å². The van der Waals surface area contributed by atoms with Crippen LogP contribution >= 0.6 is 23.2 Å². The second-order valence-corrected chi connectivity index (χ2v) is 5.63. The molecule has 0 radical (unpaired) electrons. The predicted octanol–water partition coefficient (Wildman–Crippen LogP) is 3.55. The first-order valence-corrected chi connectivity index (χ1v) is 7.15. The van der Waals surface area contributed by atoms with Crippen LogP contribution in [0.25, 0.3) is 0 Å². The average molecular weight is 288 g/mol. The maximum atomic E-state index is 6.23. The number of halogens is 2. The van der Waals surface area contributed by atoms with Gasteiger partial charge in [0.15, 0.2) is 0 Å². The minimum Gasteiger partial charge on any atom is -0.381 e. The molecule has 2 nitrogen and oxygen atoms in total. The van der Waals surface area contributed by atoms with Gasteiger partial charge in [0.05, 0.1) is 0 Å². The molecule has 0 spiro atoms. The van der Waals surface area contributed by atoms with Crippen LogP contribution in [-0.2, 0) is 11.2 Å². The van der Waals surface area contributed by atoms with Crippen molar-refractivity contribution in [2.45, 2.75) is 25.3 Å². The fourth-order valence-electron chi connectivity index (χ4n) is 2.55. The predicted molar refractivity (Wildman–Crippen MR) is 76.6 cm³/mol. The molecule has 18 heavy (non-hydrogen) atoms. The second-order valence-electron chi connectivity index (χ2n) is 4.78. The Morgan fingerprint density at radius 1 is 1.33 bits per heavy atom. The molecule has 1 heterocycles. The van der Waals surface area contributed by atoms with E-state index in [0.717, 1.165) is 43.1 Å². The van der Waals surface area contributed by atoms with Gasteiger partial charge < -0.3 is 10.1 Å². The van der Waals surface area contributed by atoms with Crippen molar-refractivity contribution in [2.75, 3.05) is 20.3 Å². The van der Waals surface area contributed by atoms with Crippen molar-refractivity contribution < 1.29 is 4.74 Å². The number of hydrogen-bond donors (Lipinski definition) is 1. The molecule has 100 valence electrons. The zero-order valence-electron chi connectivity index (χ0n) is 10.6. The highest BCUT2D eigenvalue weighted by atomic mass is 35.5. The van der Waals surface area contributed by atoms with Gasteiger partial charge >= 0.3 is 0 Å². The summed E-state index contributed by atoms with van der Waals surface area (Å²) in [4.78, 5) is 0. The summed E-state index contributed by atoms with van der Waals surface area (Å²) in [6, 6.07) is 6.19. The molecule has 2 rings (SSSR count). The van der Waals surface area contributed by atoms with Crippen LogP contribution in [-0.4, -0.2) is 26.3 Å². The second kappa shape index (κ2) is 6.76. The Hall–Kier alpha value is -0.280. The Bertz CT molecular complexity index is 391. The quantitative estimate of drug-likeness (QED) is 0.914. The fourth-order valence-corrected chi connectivity index (χ4v) is 3.03. The number of rotatable bonds is 4. The summed E-state index contributed by atoms with van der Waals surface area (Å²) in [6.45, 7) is 1.74. The summed E-state index contributed by atoms with van der Waals surface area (Å²) in [7, 11) is 2.02. The molecule has 0 aliphatic carbocycles. The van der Waals surface area contributed by atoms with Gasteiger partial charge in [-0.25, -0.2) is 0 Å². The van der Waals surface area contributed by atoms with Crippen molar-refractivity contribution in [3.05, 3.63) is 33.8 Å². The van der Waals surface area contributed by atoms with Crippen molar-refractivity contribution in [1.29, 1.82) is 0 Å². The summed E-state index contributed by atoms with van der Waals surface area (Å²) < 4.78 is 5.41. The molecule has 0 aromatic heterocycles. The molecule has 0 bridgehead atoms. The Morgan fingerprint density at radius 3 is 2.67 bits per heavy atom. The lowest BCUT2D eigenvalue weighted by atomic mass is 9.88. The summed E-state index contributed by atoms with van der Waals surface area (Å²) >= 11 is 12.2. The molecular weight excluding hydrogens is 269 g/mol. The van der Waals surface area contributed by atoms with Gasteiger partial charge in [-0.05, 0) is 49.9 Å². The topological polar surface area (TPSA) is 21.3 Å². The molecule has 1 aromatic carbocycles. The number of ether oxygens (including phenoxy) is 1. The molecule has 1 aliphatic rings. The minimum atomic E-state index is 0.451. The normalized spacial score (nSPS) is 18.8. The van der Waals surface area contributed by atoms with E-state index in [1.807, 2.05) is 25.2 Å². The van der Waals surface area contributed by atoms with E-state index in [9.17, 15) is 0 Å². The van der Waals surface area contributed by atoms with Crippen molar-refractivity contribution >= 4 is 23.2 Å². The lowest BCUT2D eigenvalue weighted by molar-refractivity contribution is 0.0547. The van der Waals surface area contributed by atoms with Gasteiger partial charge in [-0.1, -0.05) is 29.3 Å². The number of likely N-dealkylation sites (N-methyl/N-ethyl adjacent to an activating group) is 1. The molecule has 1 N–H and O–H groups in total. The minimum absolute atomic E-state index is 0.451. The Morgan fingerprint density at radius 2 is 2.06 bits per heavy atom. The Kier molecular flexibility index (Phi) is 5.31. The number of nitrogens with one attached hydrogen (secondary N) is 1. The summed E-state index contributed by atoms with van der Waals surface area (Å²) in [5, 5.41) is 4.86. The molecule has 4 heteroatoms. The summed E-state index contributed by atoms with van der Waals surface area (Å²) in [5.41, 5.74) is 1.16. The first kappa shape index (κ1) is 14.1. The van der Waals surface area contributed by atoms with Gasteiger partial charge in [0.1, 0.15) is 0 Å². The highest BCUT2D eigenvalue weighted by Gasteiger charge is 2.23. The van der Waals surface area contributed by atoms with E-state index in [4.69, 9.17) is 27.9 Å². The van der Waals surface area contributed by atoms with Gasteiger partial charge in [-0.15, -0.1) is 0 Å². The van der Waals surface area contributed by atoms with Crippen LogP contribution in [0.2, 0.25) is 10.0 Å². The van der Waals surface area contributed by atoms with Gasteiger partial charge in [-0.3, -0.25) is 0 Å². The van der Waals surface area contributed by atoms with Crippen LogP contribution in [0.1, 0.15) is 18.4 Å². The number of hydrogen-bond acceptors (Lipinski definition) is 2. The Balaban J connectivity index is 2.04. The summed E-state index contributed by atoms with van der Waals surface area (Å²) in [6.07, 6.45) is 3.19. The van der Waals surface area contributed by atoms with E-state index in [0.29, 0.717) is 17.0 Å². The lowest BCUT2D eigenvalue weighted by Crippen LogP contribution is -2.38. The third-order valence-corrected chi connectivity index (χ3v) is 4.25. The lowest BCUT2D eigenvalue weighted by Gasteiger charge is -2.30. The first-order chi connectivity index (χ1) is 8.70. The molecule has 0 amide bonds. The van der Waals surface area contributed by atoms with Crippen molar-refractivity contribution in [1.82, 2.24) is 5.32 Å². The Labute approximate surface area is 119 Å². The third kappa shape index (κ3) is 3.61. The largest absolute Gasteiger partial charge is 0.381 e. The van der Waals surface area contributed by atoms with E-state index in [1.165, 1.54) is 0 Å². The van der Waals surface area contributed by atoms with E-state index in [2.05, 4.69) is 5.32 Å². The van der Waals surface area contributed by atoms with Crippen LogP contribution in [0, 0.1) is 5.92 Å². The molecule has 1 atom stereocenters. The standard InChI is InChI=1S/C14H19Cl2NO/c1-17-14(10-4-6-18-7-5-10)8-11-2-3-12(15)9-13(11)16/h2-3,9-10,14,17H,4-8H2,1H3. The molecule has 1 fully saturated rings. The highest BCUT2D eigenvalue weighted by Crippen LogP contribution is 2.26. The van der Waals surface area contributed by atoms with Gasteiger partial charge in [-0.2, -0.15) is 0 Å². The van der Waals surface area contributed by atoms with Crippen LogP contribution in [0.3, 0.4) is 0 Å². The van der Waals surface area contributed by atoms with E-state index < -0.39 is 0 Å². The number of benzene rings is 1. The first-order valence-electron chi connectivity index (χ1n) is 6.39. The van der Waals surface area contributed by atoms with Crippen molar-refractivity contribution in [3.63, 3.8) is 0 Å². The molecule has 0 saturated carbocycles. The maximum absolute atomic E-state index is 6.23. The highest BCUT2D eigenvalue weighted by molar-refractivity contribution is 6.35. The van der Waals surface area contributed by atoms with Gasteiger partial charge in [0.25, 0.3) is 0 Å². The van der Waals surface area contributed by atoms with E-state index in [-0.39, 0.29) is 0 Å². The third-order valence-electron chi connectivity index (χ3n) is 3.66. The van der Waals surface area contributed by atoms with Gasteiger partial charge in [0.2, 0.25) is 0 Å². The monoisotopic (exact) mass is 287 g/mol. The van der Waals surface area contributed by atoms with E-state index in [1.54, 1.807) is 0 Å². The van der Waals surface area contributed by atoms with Crippen molar-refractivity contribution in [3.8, 4) is 0 Å². The SMILES string of the molecule is CNC(Cc1ccc(Cl)cc1Cl)C1CCOCC1.